The highest BCUT2D eigenvalue weighted by Gasteiger charge is 2.36. The molecule has 0 atom stereocenters. The number of likely N-dealkylation sites (N-methyl/N-ethyl adjacent to an activating group) is 1. The van der Waals surface area contributed by atoms with Gasteiger partial charge in [0.1, 0.15) is 9.90 Å². The van der Waals surface area contributed by atoms with E-state index in [-0.39, 0.29) is 27.9 Å². The molecule has 3 aromatic heterocycles. The minimum Gasteiger partial charge on any atom is -0.351 e. The smallest absolute Gasteiger partial charge is 0.351 e. The molecule has 3 aromatic rings. The molecule has 0 aliphatic carbocycles. The van der Waals surface area contributed by atoms with Gasteiger partial charge in [0.25, 0.3) is 10.0 Å². The molecule has 0 fully saturated rings. The highest BCUT2D eigenvalue weighted by Crippen LogP contribution is 2.36. The second-order valence-electron chi connectivity index (χ2n) is 6.41. The third-order valence-electron chi connectivity index (χ3n) is 3.93. The SMILES string of the molecule is CN(C)CCN(Cc1cccs1)S(=O)(=O)c1ccc(-c2cc(C(F)(F)F)on2)s1. The average molecular weight is 466 g/mol. The summed E-state index contributed by atoms with van der Waals surface area (Å²) in [7, 11) is -0.132. The number of nitrogens with zero attached hydrogens (tertiary/aromatic N) is 3. The molecule has 0 saturated heterocycles. The summed E-state index contributed by atoms with van der Waals surface area (Å²) in [6.45, 7) is 1.03. The van der Waals surface area contributed by atoms with Crippen LogP contribution in [0.15, 0.2) is 44.4 Å². The number of sulfonamides is 1. The van der Waals surface area contributed by atoms with Crippen molar-refractivity contribution in [3.05, 3.63) is 46.3 Å². The van der Waals surface area contributed by atoms with Crippen molar-refractivity contribution in [1.29, 1.82) is 0 Å². The minimum atomic E-state index is -4.65. The van der Waals surface area contributed by atoms with Crippen molar-refractivity contribution in [3.63, 3.8) is 0 Å². The van der Waals surface area contributed by atoms with Gasteiger partial charge in [-0.15, -0.1) is 22.7 Å². The molecule has 0 amide bonds. The minimum absolute atomic E-state index is 0.0411. The summed E-state index contributed by atoms with van der Waals surface area (Å²) in [5, 5.41) is 5.29. The number of thiophene rings is 2. The first kappa shape index (κ1) is 22.0. The van der Waals surface area contributed by atoms with Crippen LogP contribution in [-0.2, 0) is 22.7 Å². The average Bonchev–Trinajstić information content (AvgIpc) is 3.38. The summed E-state index contributed by atoms with van der Waals surface area (Å²) < 4.78 is 70.2. The summed E-state index contributed by atoms with van der Waals surface area (Å²) in [4.78, 5) is 3.06. The van der Waals surface area contributed by atoms with Crippen LogP contribution in [0.1, 0.15) is 10.6 Å². The fourth-order valence-corrected chi connectivity index (χ4v) is 6.04. The Morgan fingerprint density at radius 1 is 1.17 bits per heavy atom. The van der Waals surface area contributed by atoms with Crippen LogP contribution in [0.5, 0.6) is 0 Å². The predicted molar refractivity (Wildman–Crippen MR) is 105 cm³/mol. The van der Waals surface area contributed by atoms with E-state index in [1.807, 2.05) is 36.5 Å². The fourth-order valence-electron chi connectivity index (χ4n) is 2.42. The zero-order valence-electron chi connectivity index (χ0n) is 15.5. The second-order valence-corrected chi connectivity index (χ2v) is 10.7. The van der Waals surface area contributed by atoms with Gasteiger partial charge < -0.3 is 9.42 Å². The first-order chi connectivity index (χ1) is 13.6. The van der Waals surface area contributed by atoms with E-state index < -0.39 is 22.0 Å². The zero-order valence-corrected chi connectivity index (χ0v) is 18.0. The summed E-state index contributed by atoms with van der Waals surface area (Å²) in [6.07, 6.45) is -4.65. The van der Waals surface area contributed by atoms with Crippen LogP contribution < -0.4 is 0 Å². The van der Waals surface area contributed by atoms with Gasteiger partial charge in [-0.05, 0) is 37.7 Å². The van der Waals surface area contributed by atoms with Gasteiger partial charge in [0.05, 0.1) is 4.88 Å². The molecule has 0 saturated carbocycles. The van der Waals surface area contributed by atoms with Gasteiger partial charge in [-0.3, -0.25) is 0 Å². The lowest BCUT2D eigenvalue weighted by molar-refractivity contribution is -0.155. The molecule has 3 rings (SSSR count). The van der Waals surface area contributed by atoms with Gasteiger partial charge in [-0.1, -0.05) is 11.2 Å². The van der Waals surface area contributed by atoms with Gasteiger partial charge in [-0.25, -0.2) is 8.42 Å². The molecule has 0 aliphatic rings. The Labute approximate surface area is 174 Å². The Kier molecular flexibility index (Phi) is 6.48. The molecule has 0 spiro atoms. The third-order valence-corrected chi connectivity index (χ3v) is 8.21. The van der Waals surface area contributed by atoms with E-state index in [0.717, 1.165) is 22.3 Å². The maximum atomic E-state index is 13.2. The van der Waals surface area contributed by atoms with Crippen LogP contribution in [0, 0.1) is 0 Å². The predicted octanol–water partition coefficient (Wildman–Crippen LogP) is 4.24. The van der Waals surface area contributed by atoms with Crippen molar-refractivity contribution in [1.82, 2.24) is 14.4 Å². The molecule has 12 heteroatoms. The molecule has 0 aliphatic heterocycles. The van der Waals surface area contributed by atoms with Gasteiger partial charge >= 0.3 is 6.18 Å². The quantitative estimate of drug-likeness (QED) is 0.498. The van der Waals surface area contributed by atoms with E-state index >= 15 is 0 Å². The number of aromatic nitrogens is 1. The number of alkyl halides is 3. The standard InChI is InChI=1S/C17H18F3N3O3S3/c1-22(2)7-8-23(11-12-4-3-9-27-12)29(24,25)16-6-5-14(28-16)13-10-15(26-21-13)17(18,19)20/h3-6,9-10H,7-8,11H2,1-2H3. The lowest BCUT2D eigenvalue weighted by atomic mass is 10.3. The molecular formula is C17H18F3N3O3S3. The van der Waals surface area contributed by atoms with Crippen molar-refractivity contribution >= 4 is 32.7 Å². The zero-order chi connectivity index (χ0) is 21.2. The third kappa shape index (κ3) is 5.25. The highest BCUT2D eigenvalue weighted by molar-refractivity contribution is 7.91. The van der Waals surface area contributed by atoms with E-state index in [2.05, 4.69) is 9.68 Å². The summed E-state index contributed by atoms with van der Waals surface area (Å²) in [5.74, 6) is -1.23. The summed E-state index contributed by atoms with van der Waals surface area (Å²) in [5.41, 5.74) is -0.0538. The first-order valence-corrected chi connectivity index (χ1v) is 11.5. The number of hydrogen-bond acceptors (Lipinski definition) is 7. The van der Waals surface area contributed by atoms with E-state index in [4.69, 9.17) is 0 Å². The molecule has 0 unspecified atom stereocenters. The Balaban J connectivity index is 1.87. The molecule has 0 bridgehead atoms. The lowest BCUT2D eigenvalue weighted by Crippen LogP contribution is -2.35. The molecule has 0 aromatic carbocycles. The Hall–Kier alpha value is -1.73. The second kappa shape index (κ2) is 8.56. The molecule has 6 nitrogen and oxygen atoms in total. The van der Waals surface area contributed by atoms with Crippen molar-refractivity contribution in [2.75, 3.05) is 27.2 Å². The Morgan fingerprint density at radius 2 is 1.93 bits per heavy atom. The van der Waals surface area contributed by atoms with Crippen molar-refractivity contribution < 1.29 is 26.1 Å². The van der Waals surface area contributed by atoms with Gasteiger partial charge in [0.15, 0.2) is 0 Å². The van der Waals surface area contributed by atoms with E-state index in [9.17, 15) is 21.6 Å². The summed E-state index contributed by atoms with van der Waals surface area (Å²) >= 11 is 2.32. The summed E-state index contributed by atoms with van der Waals surface area (Å²) in [6, 6.07) is 7.29. The van der Waals surface area contributed by atoms with Gasteiger partial charge in [-0.2, -0.15) is 17.5 Å². The Bertz CT molecular complexity index is 1040. The largest absolute Gasteiger partial charge is 0.452 e. The van der Waals surface area contributed by atoms with Crippen LogP contribution in [0.2, 0.25) is 0 Å². The van der Waals surface area contributed by atoms with Crippen LogP contribution >= 0.6 is 22.7 Å². The number of rotatable bonds is 8. The molecular weight excluding hydrogens is 447 g/mol. The maximum Gasteiger partial charge on any atom is 0.452 e. The molecule has 3 heterocycles. The van der Waals surface area contributed by atoms with E-state index in [1.165, 1.54) is 27.8 Å². The lowest BCUT2D eigenvalue weighted by Gasteiger charge is -2.22. The topological polar surface area (TPSA) is 66.7 Å². The van der Waals surface area contributed by atoms with Crippen molar-refractivity contribution in [2.45, 2.75) is 16.9 Å². The van der Waals surface area contributed by atoms with E-state index in [0.29, 0.717) is 6.54 Å². The van der Waals surface area contributed by atoms with Gasteiger partial charge in [0, 0.05) is 30.6 Å². The van der Waals surface area contributed by atoms with E-state index in [1.54, 1.807) is 0 Å². The van der Waals surface area contributed by atoms with Crippen molar-refractivity contribution in [2.24, 2.45) is 0 Å². The van der Waals surface area contributed by atoms with Crippen LogP contribution in [0.25, 0.3) is 10.6 Å². The van der Waals surface area contributed by atoms with Gasteiger partial charge in [0.2, 0.25) is 5.76 Å². The molecule has 0 N–H and O–H groups in total. The number of halogens is 3. The molecule has 158 valence electrons. The highest BCUT2D eigenvalue weighted by atomic mass is 32.2. The van der Waals surface area contributed by atoms with Crippen LogP contribution in [0.3, 0.4) is 0 Å². The normalized spacial score (nSPS) is 12.9. The van der Waals surface area contributed by atoms with Crippen LogP contribution in [-0.4, -0.2) is 50.0 Å². The monoisotopic (exact) mass is 465 g/mol. The Morgan fingerprint density at radius 3 is 2.52 bits per heavy atom. The van der Waals surface area contributed by atoms with Crippen LogP contribution in [0.4, 0.5) is 13.2 Å². The first-order valence-electron chi connectivity index (χ1n) is 8.39. The fraction of sp³-hybridized carbons (Fsp3) is 0.353. The maximum absolute atomic E-state index is 13.2. The molecule has 0 radical (unpaired) electrons. The molecule has 29 heavy (non-hydrogen) atoms. The number of hydrogen-bond donors (Lipinski definition) is 0. The van der Waals surface area contributed by atoms with Crippen molar-refractivity contribution in [3.8, 4) is 10.6 Å².